The summed E-state index contributed by atoms with van der Waals surface area (Å²) in [6.45, 7) is 2.65. The monoisotopic (exact) mass is 504 g/mol. The molecule has 3 aromatic rings. The van der Waals surface area contributed by atoms with Gasteiger partial charge in [0.25, 0.3) is 5.56 Å². The number of hydrogen-bond acceptors (Lipinski definition) is 8. The van der Waals surface area contributed by atoms with Crippen LogP contribution in [0.5, 0.6) is 11.5 Å². The van der Waals surface area contributed by atoms with E-state index in [-0.39, 0.29) is 23.7 Å². The highest BCUT2D eigenvalue weighted by molar-refractivity contribution is 9.10. The second-order valence-electron chi connectivity index (χ2n) is 6.42. The third-order valence-electron chi connectivity index (χ3n) is 4.19. The Morgan fingerprint density at radius 1 is 1.34 bits per heavy atom. The summed E-state index contributed by atoms with van der Waals surface area (Å²) in [4.78, 5) is 38.9. The first-order valence-electron chi connectivity index (χ1n) is 9.24. The van der Waals surface area contributed by atoms with Crippen LogP contribution in [0.3, 0.4) is 0 Å². The number of aliphatic carboxylic acids is 1. The minimum atomic E-state index is -1.29. The lowest BCUT2D eigenvalue weighted by atomic mass is 10.2. The molecule has 0 saturated carbocycles. The Labute approximate surface area is 189 Å². The molecule has 0 aliphatic carbocycles. The molecule has 12 heteroatoms. The SMILES string of the molecule is CCOc1cc(C=Nn2c(C)nc3ccc(Br)cc3c2=O)cc([N+](=O)[O-])c1OCC(=O)O. The quantitative estimate of drug-likeness (QED) is 0.279. The molecule has 1 aromatic heterocycles. The third kappa shape index (κ3) is 4.91. The van der Waals surface area contributed by atoms with Crippen molar-refractivity contribution >= 4 is 44.7 Å². The van der Waals surface area contributed by atoms with Crippen molar-refractivity contribution in [2.75, 3.05) is 13.2 Å². The number of rotatable bonds is 8. The molecule has 0 aliphatic heterocycles. The molecular formula is C20H17BrN4O7. The van der Waals surface area contributed by atoms with E-state index in [9.17, 15) is 19.7 Å². The van der Waals surface area contributed by atoms with Crippen molar-refractivity contribution in [3.63, 3.8) is 0 Å². The summed E-state index contributed by atoms with van der Waals surface area (Å²) in [5.41, 5.74) is -0.158. The average Bonchev–Trinajstić information content (AvgIpc) is 2.73. The van der Waals surface area contributed by atoms with Gasteiger partial charge in [0, 0.05) is 16.1 Å². The van der Waals surface area contributed by atoms with Crippen LogP contribution < -0.4 is 15.0 Å². The molecule has 1 heterocycles. The predicted molar refractivity (Wildman–Crippen MR) is 119 cm³/mol. The lowest BCUT2D eigenvalue weighted by Crippen LogP contribution is -2.20. The van der Waals surface area contributed by atoms with Crippen molar-refractivity contribution < 1.29 is 24.3 Å². The van der Waals surface area contributed by atoms with Crippen molar-refractivity contribution in [3.8, 4) is 11.5 Å². The first kappa shape index (κ1) is 22.9. The molecule has 166 valence electrons. The normalized spacial score (nSPS) is 11.1. The van der Waals surface area contributed by atoms with Crippen LogP contribution >= 0.6 is 15.9 Å². The minimum Gasteiger partial charge on any atom is -0.490 e. The van der Waals surface area contributed by atoms with Crippen LogP contribution in [0.15, 0.2) is 44.7 Å². The molecule has 0 unspecified atom stereocenters. The van der Waals surface area contributed by atoms with Gasteiger partial charge in [-0.2, -0.15) is 9.78 Å². The molecule has 11 nitrogen and oxygen atoms in total. The third-order valence-corrected chi connectivity index (χ3v) is 4.68. The molecule has 3 rings (SSSR count). The maximum absolute atomic E-state index is 12.9. The van der Waals surface area contributed by atoms with Crippen LogP contribution in [0.1, 0.15) is 18.3 Å². The fraction of sp³-hybridized carbons (Fsp3) is 0.200. The van der Waals surface area contributed by atoms with E-state index in [2.05, 4.69) is 26.0 Å². The highest BCUT2D eigenvalue weighted by atomic mass is 79.9. The Bertz CT molecular complexity index is 1300. The summed E-state index contributed by atoms with van der Waals surface area (Å²) < 4.78 is 12.3. The molecule has 0 saturated heterocycles. The number of hydrogen-bond donors (Lipinski definition) is 1. The number of carboxylic acids is 1. The number of nitro groups is 1. The summed E-state index contributed by atoms with van der Waals surface area (Å²) in [6, 6.07) is 7.65. The summed E-state index contributed by atoms with van der Waals surface area (Å²) in [7, 11) is 0. The second-order valence-corrected chi connectivity index (χ2v) is 7.34. The zero-order valence-corrected chi connectivity index (χ0v) is 18.5. The zero-order valence-electron chi connectivity index (χ0n) is 16.9. The van der Waals surface area contributed by atoms with Gasteiger partial charge in [-0.25, -0.2) is 9.78 Å². The molecule has 32 heavy (non-hydrogen) atoms. The van der Waals surface area contributed by atoms with E-state index in [1.165, 1.54) is 12.3 Å². The van der Waals surface area contributed by atoms with Gasteiger partial charge in [0.05, 0.1) is 28.6 Å². The van der Waals surface area contributed by atoms with Crippen LogP contribution in [0.2, 0.25) is 0 Å². The number of halogens is 1. The smallest absolute Gasteiger partial charge is 0.341 e. The van der Waals surface area contributed by atoms with Crippen LogP contribution in [0.25, 0.3) is 10.9 Å². The summed E-state index contributed by atoms with van der Waals surface area (Å²) in [5, 5.41) is 24.9. The van der Waals surface area contributed by atoms with Crippen molar-refractivity contribution in [3.05, 3.63) is 66.7 Å². The van der Waals surface area contributed by atoms with Crippen LogP contribution in [-0.2, 0) is 4.79 Å². The second kappa shape index (κ2) is 9.56. The first-order chi connectivity index (χ1) is 15.2. The molecule has 0 spiro atoms. The van der Waals surface area contributed by atoms with E-state index in [1.807, 2.05) is 0 Å². The number of aryl methyl sites for hydroxylation is 1. The number of nitrogens with zero attached hydrogens (tertiary/aromatic N) is 4. The molecule has 0 radical (unpaired) electrons. The summed E-state index contributed by atoms with van der Waals surface area (Å²) in [5.74, 6) is -1.30. The van der Waals surface area contributed by atoms with E-state index in [4.69, 9.17) is 14.6 Å². The van der Waals surface area contributed by atoms with Crippen LogP contribution in [0.4, 0.5) is 5.69 Å². The summed E-state index contributed by atoms with van der Waals surface area (Å²) in [6.07, 6.45) is 1.25. The Balaban J connectivity index is 2.09. The molecule has 0 amide bonds. The van der Waals surface area contributed by atoms with E-state index >= 15 is 0 Å². The number of carbonyl (C=O) groups is 1. The number of ether oxygens (including phenoxy) is 2. The molecule has 0 atom stereocenters. The molecule has 1 N–H and O–H groups in total. The lowest BCUT2D eigenvalue weighted by Gasteiger charge is -2.12. The van der Waals surface area contributed by atoms with Crippen molar-refractivity contribution in [1.29, 1.82) is 0 Å². The van der Waals surface area contributed by atoms with Gasteiger partial charge in [0.15, 0.2) is 12.4 Å². The number of nitro benzene ring substituents is 1. The average molecular weight is 505 g/mol. The van der Waals surface area contributed by atoms with E-state index in [1.54, 1.807) is 32.0 Å². The summed E-state index contributed by atoms with van der Waals surface area (Å²) >= 11 is 3.32. The fourth-order valence-corrected chi connectivity index (χ4v) is 3.24. The van der Waals surface area contributed by atoms with Gasteiger partial charge in [0.2, 0.25) is 5.75 Å². The van der Waals surface area contributed by atoms with Gasteiger partial charge in [-0.3, -0.25) is 14.9 Å². The van der Waals surface area contributed by atoms with Crippen molar-refractivity contribution in [2.45, 2.75) is 13.8 Å². The topological polar surface area (TPSA) is 146 Å². The predicted octanol–water partition coefficient (Wildman–Crippen LogP) is 3.12. The van der Waals surface area contributed by atoms with E-state index < -0.39 is 28.7 Å². The number of benzene rings is 2. The van der Waals surface area contributed by atoms with Gasteiger partial charge in [-0.1, -0.05) is 15.9 Å². The highest BCUT2D eigenvalue weighted by Crippen LogP contribution is 2.38. The van der Waals surface area contributed by atoms with Gasteiger partial charge >= 0.3 is 11.7 Å². The molecule has 2 aromatic carbocycles. The number of aromatic nitrogens is 2. The van der Waals surface area contributed by atoms with E-state index in [0.29, 0.717) is 21.2 Å². The Hall–Kier alpha value is -3.80. The van der Waals surface area contributed by atoms with E-state index in [0.717, 1.165) is 10.7 Å². The van der Waals surface area contributed by atoms with Gasteiger partial charge in [-0.15, -0.1) is 0 Å². The molecule has 0 aliphatic rings. The van der Waals surface area contributed by atoms with Gasteiger partial charge < -0.3 is 14.6 Å². The van der Waals surface area contributed by atoms with Gasteiger partial charge in [0.1, 0.15) is 5.82 Å². The molecule has 0 bridgehead atoms. The van der Waals surface area contributed by atoms with Crippen LogP contribution in [0, 0.1) is 17.0 Å². The van der Waals surface area contributed by atoms with Crippen molar-refractivity contribution in [1.82, 2.24) is 9.66 Å². The number of carboxylic acid groups (broad SMARTS) is 1. The molecular weight excluding hydrogens is 488 g/mol. The Morgan fingerprint density at radius 2 is 2.09 bits per heavy atom. The zero-order chi connectivity index (χ0) is 23.4. The van der Waals surface area contributed by atoms with Crippen LogP contribution in [-0.4, -0.2) is 45.1 Å². The number of fused-ring (bicyclic) bond motifs is 1. The standard InChI is InChI=1S/C20H17BrN4O7/c1-3-31-17-7-12(6-16(25(29)30)19(17)32-10-18(26)27)9-22-24-11(2)23-15-5-4-13(21)8-14(15)20(24)28/h4-9H,3,10H2,1-2H3,(H,26,27). The maximum Gasteiger partial charge on any atom is 0.341 e. The minimum absolute atomic E-state index is 0.0194. The Morgan fingerprint density at radius 3 is 2.75 bits per heavy atom. The largest absolute Gasteiger partial charge is 0.490 e. The first-order valence-corrected chi connectivity index (χ1v) is 10.0. The maximum atomic E-state index is 12.9. The van der Waals surface area contributed by atoms with Crippen molar-refractivity contribution in [2.24, 2.45) is 5.10 Å². The lowest BCUT2D eigenvalue weighted by molar-refractivity contribution is -0.385. The fourth-order valence-electron chi connectivity index (χ4n) is 2.88. The van der Waals surface area contributed by atoms with Gasteiger partial charge in [-0.05, 0) is 38.1 Å². The highest BCUT2D eigenvalue weighted by Gasteiger charge is 2.23. The molecule has 0 fully saturated rings. The Kier molecular flexibility index (Phi) is 6.83.